The number of hydrogen-bond acceptors (Lipinski definition) is 3. The lowest BCUT2D eigenvalue weighted by atomic mass is 10.2. The Labute approximate surface area is 127 Å². The second-order valence-electron chi connectivity index (χ2n) is 4.25. The van der Waals surface area contributed by atoms with E-state index in [0.717, 1.165) is 5.56 Å². The predicted octanol–water partition coefficient (Wildman–Crippen LogP) is 3.68. The van der Waals surface area contributed by atoms with Crippen molar-refractivity contribution < 1.29 is 8.42 Å². The standard InChI is InChI=1S/C13H12Cl2N2O2S/c1-8-3-2-4-12(16)13(8)17-20(18,19)11-6-9(14)5-10(15)7-11/h2-7,17H,16H2,1H3. The zero-order chi connectivity index (χ0) is 14.9. The Morgan fingerprint density at radius 3 is 2.25 bits per heavy atom. The number of para-hydroxylation sites is 1. The van der Waals surface area contributed by atoms with Crippen LogP contribution in [-0.2, 0) is 10.0 Å². The van der Waals surface area contributed by atoms with E-state index in [1.54, 1.807) is 25.1 Å². The zero-order valence-electron chi connectivity index (χ0n) is 10.5. The first kappa shape index (κ1) is 15.0. The highest BCUT2D eigenvalue weighted by Gasteiger charge is 2.18. The van der Waals surface area contributed by atoms with Gasteiger partial charge in [-0.1, -0.05) is 35.3 Å². The minimum absolute atomic E-state index is 0.0161. The number of aryl methyl sites for hydroxylation is 1. The number of hydrogen-bond donors (Lipinski definition) is 2. The number of rotatable bonds is 3. The Bertz CT molecular complexity index is 720. The maximum absolute atomic E-state index is 12.3. The van der Waals surface area contributed by atoms with Crippen LogP contribution < -0.4 is 10.5 Å². The Morgan fingerprint density at radius 1 is 1.10 bits per heavy atom. The molecule has 4 nitrogen and oxygen atoms in total. The number of benzene rings is 2. The van der Waals surface area contributed by atoms with Crippen molar-refractivity contribution in [2.45, 2.75) is 11.8 Å². The predicted molar refractivity (Wildman–Crippen MR) is 82.9 cm³/mol. The topological polar surface area (TPSA) is 72.2 Å². The van der Waals surface area contributed by atoms with Gasteiger partial charge in [-0.3, -0.25) is 4.72 Å². The summed E-state index contributed by atoms with van der Waals surface area (Å²) in [6.07, 6.45) is 0. The van der Waals surface area contributed by atoms with E-state index in [2.05, 4.69) is 4.72 Å². The van der Waals surface area contributed by atoms with Gasteiger partial charge in [0.05, 0.1) is 16.3 Å². The third-order valence-corrected chi connectivity index (χ3v) is 4.45. The lowest BCUT2D eigenvalue weighted by Crippen LogP contribution is -2.15. The molecular weight excluding hydrogens is 319 g/mol. The van der Waals surface area contributed by atoms with Crippen LogP contribution in [0.3, 0.4) is 0 Å². The van der Waals surface area contributed by atoms with Crippen LogP contribution in [0.4, 0.5) is 11.4 Å². The molecule has 0 aliphatic carbocycles. The highest BCUT2D eigenvalue weighted by Crippen LogP contribution is 2.28. The van der Waals surface area contributed by atoms with Crippen LogP contribution in [0.1, 0.15) is 5.56 Å². The third-order valence-electron chi connectivity index (χ3n) is 2.69. The van der Waals surface area contributed by atoms with Gasteiger partial charge in [-0.2, -0.15) is 0 Å². The Morgan fingerprint density at radius 2 is 1.70 bits per heavy atom. The van der Waals surface area contributed by atoms with Crippen molar-refractivity contribution in [2.75, 3.05) is 10.5 Å². The summed E-state index contributed by atoms with van der Waals surface area (Å²) in [7, 11) is -3.80. The molecule has 2 rings (SSSR count). The fraction of sp³-hybridized carbons (Fsp3) is 0.0769. The second-order valence-corrected chi connectivity index (χ2v) is 6.81. The van der Waals surface area contributed by atoms with E-state index in [4.69, 9.17) is 28.9 Å². The highest BCUT2D eigenvalue weighted by molar-refractivity contribution is 7.92. The zero-order valence-corrected chi connectivity index (χ0v) is 12.9. The monoisotopic (exact) mass is 330 g/mol. The Kier molecular flexibility index (Phi) is 4.13. The molecule has 0 amide bonds. The molecule has 0 saturated heterocycles. The van der Waals surface area contributed by atoms with Crippen molar-refractivity contribution >= 4 is 44.6 Å². The lowest BCUT2D eigenvalue weighted by molar-refractivity contribution is 0.601. The van der Waals surface area contributed by atoms with Crippen molar-refractivity contribution in [3.63, 3.8) is 0 Å². The molecule has 0 saturated carbocycles. The number of halogens is 2. The molecule has 0 unspecified atom stereocenters. The smallest absolute Gasteiger partial charge is 0.262 e. The van der Waals surface area contributed by atoms with Crippen LogP contribution >= 0.6 is 23.2 Å². The Balaban J connectivity index is 2.46. The molecule has 0 radical (unpaired) electrons. The van der Waals surface area contributed by atoms with E-state index in [0.29, 0.717) is 11.4 Å². The summed E-state index contributed by atoms with van der Waals surface area (Å²) in [4.78, 5) is -0.0161. The molecule has 20 heavy (non-hydrogen) atoms. The molecule has 2 aromatic carbocycles. The molecule has 0 aromatic heterocycles. The fourth-order valence-corrected chi connectivity index (χ4v) is 3.59. The number of sulfonamides is 1. The summed E-state index contributed by atoms with van der Waals surface area (Å²) in [5.41, 5.74) is 7.21. The van der Waals surface area contributed by atoms with Crippen LogP contribution in [-0.4, -0.2) is 8.42 Å². The molecule has 0 bridgehead atoms. The van der Waals surface area contributed by atoms with Crippen molar-refractivity contribution in [3.05, 3.63) is 52.0 Å². The van der Waals surface area contributed by atoms with Gasteiger partial charge in [0.25, 0.3) is 10.0 Å². The quantitative estimate of drug-likeness (QED) is 0.843. The molecule has 0 aliphatic rings. The average Bonchev–Trinajstić information content (AvgIpc) is 2.33. The minimum Gasteiger partial charge on any atom is -0.397 e. The van der Waals surface area contributed by atoms with Gasteiger partial charge < -0.3 is 5.73 Å². The van der Waals surface area contributed by atoms with Gasteiger partial charge >= 0.3 is 0 Å². The van der Waals surface area contributed by atoms with Gasteiger partial charge in [-0.05, 0) is 36.8 Å². The van der Waals surface area contributed by atoms with Crippen molar-refractivity contribution in [1.29, 1.82) is 0 Å². The van der Waals surface area contributed by atoms with E-state index in [1.165, 1.54) is 18.2 Å². The summed E-state index contributed by atoms with van der Waals surface area (Å²) in [5.74, 6) is 0. The Hall–Kier alpha value is -1.43. The number of nitrogens with two attached hydrogens (primary N) is 1. The van der Waals surface area contributed by atoms with Gasteiger partial charge in [0.2, 0.25) is 0 Å². The highest BCUT2D eigenvalue weighted by atomic mass is 35.5. The minimum atomic E-state index is -3.80. The van der Waals surface area contributed by atoms with E-state index in [1.807, 2.05) is 0 Å². The van der Waals surface area contributed by atoms with Gasteiger partial charge in [0, 0.05) is 10.0 Å². The molecule has 2 aromatic rings. The van der Waals surface area contributed by atoms with Gasteiger partial charge in [0.1, 0.15) is 0 Å². The first-order valence-corrected chi connectivity index (χ1v) is 7.87. The molecule has 0 fully saturated rings. The largest absolute Gasteiger partial charge is 0.397 e. The van der Waals surface area contributed by atoms with E-state index in [9.17, 15) is 8.42 Å². The van der Waals surface area contributed by atoms with Crippen LogP contribution in [0.2, 0.25) is 10.0 Å². The summed E-state index contributed by atoms with van der Waals surface area (Å²) >= 11 is 11.6. The van der Waals surface area contributed by atoms with Gasteiger partial charge in [-0.25, -0.2) is 8.42 Å². The van der Waals surface area contributed by atoms with Crippen LogP contribution in [0, 0.1) is 6.92 Å². The first-order chi connectivity index (χ1) is 9.29. The molecule has 0 atom stereocenters. The molecule has 106 valence electrons. The normalized spacial score (nSPS) is 11.3. The molecule has 0 heterocycles. The van der Waals surface area contributed by atoms with E-state index < -0.39 is 10.0 Å². The first-order valence-electron chi connectivity index (χ1n) is 5.63. The number of anilines is 2. The van der Waals surface area contributed by atoms with Gasteiger partial charge in [-0.15, -0.1) is 0 Å². The van der Waals surface area contributed by atoms with Crippen LogP contribution in [0.5, 0.6) is 0 Å². The summed E-state index contributed by atoms with van der Waals surface area (Å²) in [6.45, 7) is 1.76. The maximum Gasteiger partial charge on any atom is 0.262 e. The molecular formula is C13H12Cl2N2O2S. The molecule has 0 spiro atoms. The van der Waals surface area contributed by atoms with Crippen molar-refractivity contribution in [2.24, 2.45) is 0 Å². The molecule has 3 N–H and O–H groups in total. The second kappa shape index (κ2) is 5.52. The summed E-state index contributed by atoms with van der Waals surface area (Å²) in [6, 6.07) is 9.24. The van der Waals surface area contributed by atoms with E-state index >= 15 is 0 Å². The average molecular weight is 331 g/mol. The molecule has 0 aliphatic heterocycles. The lowest BCUT2D eigenvalue weighted by Gasteiger charge is -2.13. The number of nitrogens with one attached hydrogen (secondary N) is 1. The molecule has 7 heteroatoms. The van der Waals surface area contributed by atoms with Crippen LogP contribution in [0.25, 0.3) is 0 Å². The summed E-state index contributed by atoms with van der Waals surface area (Å²) < 4.78 is 27.1. The summed E-state index contributed by atoms with van der Waals surface area (Å²) in [5, 5.41) is 0.492. The van der Waals surface area contributed by atoms with Crippen molar-refractivity contribution in [1.82, 2.24) is 0 Å². The SMILES string of the molecule is Cc1cccc(N)c1NS(=O)(=O)c1cc(Cl)cc(Cl)c1. The van der Waals surface area contributed by atoms with Gasteiger partial charge in [0.15, 0.2) is 0 Å². The third kappa shape index (κ3) is 3.17. The van der Waals surface area contributed by atoms with E-state index in [-0.39, 0.29) is 14.9 Å². The maximum atomic E-state index is 12.3. The number of nitrogen functional groups attached to an aromatic ring is 1. The fourth-order valence-electron chi connectivity index (χ4n) is 1.71. The van der Waals surface area contributed by atoms with Crippen LogP contribution in [0.15, 0.2) is 41.3 Å². The van der Waals surface area contributed by atoms with Crippen molar-refractivity contribution in [3.8, 4) is 0 Å².